The normalized spacial score (nSPS) is 14.3. The molecule has 2 aromatic carbocycles. The molecule has 0 radical (unpaired) electrons. The van der Waals surface area contributed by atoms with Gasteiger partial charge in [-0.3, -0.25) is 0 Å². The number of carbonyl (C=O) groups is 1. The molecule has 0 saturated carbocycles. The van der Waals surface area contributed by atoms with Gasteiger partial charge in [0.05, 0.1) is 4.90 Å². The van der Waals surface area contributed by atoms with Crippen molar-refractivity contribution in [3.05, 3.63) is 60.8 Å². The minimum Gasteiger partial charge on any atom is -0.420 e. The van der Waals surface area contributed by atoms with Gasteiger partial charge in [0.2, 0.25) is 16.0 Å². The summed E-state index contributed by atoms with van der Waals surface area (Å²) in [6.07, 6.45) is -1.38. The van der Waals surface area contributed by atoms with Crippen molar-refractivity contribution >= 4 is 39.1 Å². The third kappa shape index (κ3) is 7.63. The quantitative estimate of drug-likeness (QED) is 0.255. The molecule has 4 rings (SSSR count). The predicted molar refractivity (Wildman–Crippen MR) is 134 cm³/mol. The fourth-order valence-electron chi connectivity index (χ4n) is 3.71. The number of nitrogens with one attached hydrogen (secondary N) is 3. The van der Waals surface area contributed by atoms with E-state index in [1.807, 2.05) is 0 Å². The molecule has 0 bridgehead atoms. The van der Waals surface area contributed by atoms with Crippen LogP contribution in [0, 0.1) is 0 Å². The van der Waals surface area contributed by atoms with Crippen molar-refractivity contribution in [2.24, 2.45) is 0 Å². The minimum absolute atomic E-state index is 0.131. The van der Waals surface area contributed by atoms with Gasteiger partial charge in [0.25, 0.3) is 0 Å². The van der Waals surface area contributed by atoms with Gasteiger partial charge in [-0.15, -0.1) is 0 Å². The van der Waals surface area contributed by atoms with Crippen LogP contribution in [0.15, 0.2) is 65.7 Å². The zero-order valence-corrected chi connectivity index (χ0v) is 20.8. The smallest absolute Gasteiger partial charge is 0.420 e. The van der Waals surface area contributed by atoms with Gasteiger partial charge in [0.1, 0.15) is 11.6 Å². The summed E-state index contributed by atoms with van der Waals surface area (Å²) in [5, 5.41) is 5.86. The van der Waals surface area contributed by atoms with Gasteiger partial charge in [-0.25, -0.2) is 22.9 Å². The van der Waals surface area contributed by atoms with Gasteiger partial charge >= 0.3 is 12.1 Å². The first-order valence-electron chi connectivity index (χ1n) is 11.7. The second kappa shape index (κ2) is 11.8. The summed E-state index contributed by atoms with van der Waals surface area (Å²) in [6, 6.07) is 13.0. The average Bonchev–Trinajstić information content (AvgIpc) is 3.38. The average molecular weight is 551 g/mol. The van der Waals surface area contributed by atoms with E-state index in [9.17, 15) is 26.4 Å². The number of nitrogens with zero attached hydrogens (tertiary/aromatic N) is 3. The summed E-state index contributed by atoms with van der Waals surface area (Å²) in [4.78, 5) is 21.8. The number of rotatable bonds is 10. The van der Waals surface area contributed by atoms with Gasteiger partial charge in [-0.2, -0.15) is 18.2 Å². The van der Waals surface area contributed by atoms with E-state index in [1.165, 1.54) is 42.6 Å². The van der Waals surface area contributed by atoms with Crippen LogP contribution in [-0.2, 0) is 14.8 Å². The first-order chi connectivity index (χ1) is 18.1. The molecule has 1 aliphatic rings. The van der Waals surface area contributed by atoms with Crippen LogP contribution in [-0.4, -0.2) is 61.6 Å². The number of hydrogen-bond acceptors (Lipinski definition) is 9. The molecule has 10 nitrogen and oxygen atoms in total. The van der Waals surface area contributed by atoms with Crippen molar-refractivity contribution in [3.8, 4) is 5.75 Å². The Morgan fingerprint density at radius 1 is 1.00 bits per heavy atom. The van der Waals surface area contributed by atoms with Crippen LogP contribution in [0.25, 0.3) is 0 Å². The Morgan fingerprint density at radius 2 is 1.74 bits per heavy atom. The summed E-state index contributed by atoms with van der Waals surface area (Å²) >= 11 is 0. The Labute approximate surface area is 217 Å². The number of benzene rings is 2. The molecule has 0 aliphatic carbocycles. The fourth-order valence-corrected chi connectivity index (χ4v) is 4.73. The summed E-state index contributed by atoms with van der Waals surface area (Å²) < 4.78 is 69.4. The van der Waals surface area contributed by atoms with Crippen LogP contribution in [0.1, 0.15) is 12.8 Å². The van der Waals surface area contributed by atoms with Gasteiger partial charge in [0, 0.05) is 36.7 Å². The molecule has 202 valence electrons. The van der Waals surface area contributed by atoms with E-state index >= 15 is 0 Å². The molecule has 0 amide bonds. The minimum atomic E-state index is -5.11. The predicted octanol–water partition coefficient (Wildman–Crippen LogP) is 3.81. The highest BCUT2D eigenvalue weighted by Crippen LogP contribution is 2.25. The lowest BCUT2D eigenvalue weighted by atomic mass is 10.3. The van der Waals surface area contributed by atoms with Crippen molar-refractivity contribution in [2.45, 2.75) is 23.9 Å². The molecule has 1 fully saturated rings. The van der Waals surface area contributed by atoms with E-state index in [0.717, 1.165) is 25.9 Å². The van der Waals surface area contributed by atoms with E-state index in [2.05, 4.69) is 35.0 Å². The number of alkyl halides is 3. The molecule has 1 aliphatic heterocycles. The SMILES string of the molecule is O=C(Oc1cccc(Nc2ccnc(Nc3ccc(S(=O)(=O)NCCN4CCCC4)cc3)n2)c1)C(F)(F)F. The highest BCUT2D eigenvalue weighted by Gasteiger charge is 2.41. The second-order valence-electron chi connectivity index (χ2n) is 8.40. The van der Waals surface area contributed by atoms with Crippen molar-refractivity contribution in [1.82, 2.24) is 19.6 Å². The molecule has 3 N–H and O–H groups in total. The standard InChI is InChI=1S/C24H25F3N6O4S/c25-24(26,27)22(34)37-19-5-3-4-18(16-19)30-21-10-11-28-23(32-21)31-17-6-8-20(9-7-17)38(35,36)29-12-15-33-13-1-2-14-33/h3-11,16,29H,1-2,12-15H2,(H2,28,30,31,32). The molecule has 0 spiro atoms. The van der Waals surface area contributed by atoms with E-state index in [0.29, 0.717) is 30.3 Å². The Morgan fingerprint density at radius 3 is 2.45 bits per heavy atom. The van der Waals surface area contributed by atoms with Crippen LogP contribution in [0.4, 0.5) is 36.3 Å². The van der Waals surface area contributed by atoms with Crippen LogP contribution in [0.3, 0.4) is 0 Å². The third-order valence-electron chi connectivity index (χ3n) is 5.54. The topological polar surface area (TPSA) is 126 Å². The molecule has 2 heterocycles. The maximum absolute atomic E-state index is 12.6. The Hall–Kier alpha value is -3.75. The molecular formula is C24H25F3N6O4S. The van der Waals surface area contributed by atoms with Gasteiger partial charge < -0.3 is 20.3 Å². The first kappa shape index (κ1) is 27.3. The number of ether oxygens (including phenoxy) is 1. The lowest BCUT2D eigenvalue weighted by molar-refractivity contribution is -0.189. The molecule has 3 aromatic rings. The number of sulfonamides is 1. The van der Waals surface area contributed by atoms with Crippen molar-refractivity contribution in [2.75, 3.05) is 36.8 Å². The fraction of sp³-hybridized carbons (Fsp3) is 0.292. The number of aromatic nitrogens is 2. The number of anilines is 4. The molecule has 1 aromatic heterocycles. The Balaban J connectivity index is 1.35. The number of hydrogen-bond donors (Lipinski definition) is 3. The van der Waals surface area contributed by atoms with Crippen molar-refractivity contribution in [1.29, 1.82) is 0 Å². The maximum Gasteiger partial charge on any atom is 0.491 e. The summed E-state index contributed by atoms with van der Waals surface area (Å²) in [6.45, 7) is 2.99. The molecule has 0 unspecified atom stereocenters. The number of halogens is 3. The number of carbonyl (C=O) groups excluding carboxylic acids is 1. The van der Waals surface area contributed by atoms with Gasteiger partial charge in [-0.05, 0) is 68.4 Å². The van der Waals surface area contributed by atoms with E-state index in [-0.39, 0.29) is 16.6 Å². The van der Waals surface area contributed by atoms with E-state index in [4.69, 9.17) is 0 Å². The van der Waals surface area contributed by atoms with Crippen molar-refractivity contribution < 1.29 is 31.1 Å². The molecule has 0 atom stereocenters. The highest BCUT2D eigenvalue weighted by molar-refractivity contribution is 7.89. The van der Waals surface area contributed by atoms with Crippen molar-refractivity contribution in [3.63, 3.8) is 0 Å². The second-order valence-corrected chi connectivity index (χ2v) is 10.2. The number of esters is 1. The first-order valence-corrected chi connectivity index (χ1v) is 13.2. The highest BCUT2D eigenvalue weighted by atomic mass is 32.2. The summed E-state index contributed by atoms with van der Waals surface area (Å²) in [5.41, 5.74) is 0.869. The maximum atomic E-state index is 12.6. The van der Waals surface area contributed by atoms with E-state index in [1.54, 1.807) is 18.2 Å². The molecular weight excluding hydrogens is 525 g/mol. The lowest BCUT2D eigenvalue weighted by Crippen LogP contribution is -2.33. The molecule has 1 saturated heterocycles. The van der Waals surface area contributed by atoms with Gasteiger partial charge in [-0.1, -0.05) is 6.07 Å². The zero-order valence-electron chi connectivity index (χ0n) is 20.0. The van der Waals surface area contributed by atoms with Crippen LogP contribution in [0.5, 0.6) is 5.75 Å². The Bertz CT molecular complexity index is 1360. The number of likely N-dealkylation sites (tertiary alicyclic amines) is 1. The molecule has 14 heteroatoms. The Kier molecular flexibility index (Phi) is 8.44. The molecule has 38 heavy (non-hydrogen) atoms. The largest absolute Gasteiger partial charge is 0.491 e. The van der Waals surface area contributed by atoms with Crippen LogP contribution < -0.4 is 20.1 Å². The third-order valence-corrected chi connectivity index (χ3v) is 7.02. The monoisotopic (exact) mass is 550 g/mol. The van der Waals surface area contributed by atoms with Crippen LogP contribution >= 0.6 is 0 Å². The van der Waals surface area contributed by atoms with Gasteiger partial charge in [0.15, 0.2) is 0 Å². The summed E-state index contributed by atoms with van der Waals surface area (Å²) in [5.74, 6) is -2.11. The lowest BCUT2D eigenvalue weighted by Gasteiger charge is -2.15. The van der Waals surface area contributed by atoms with E-state index < -0.39 is 22.2 Å². The van der Waals surface area contributed by atoms with Crippen LogP contribution in [0.2, 0.25) is 0 Å². The zero-order chi connectivity index (χ0) is 27.2. The summed E-state index contributed by atoms with van der Waals surface area (Å²) in [7, 11) is -3.64.